The summed E-state index contributed by atoms with van der Waals surface area (Å²) in [6.45, 7) is 1.16. The minimum absolute atomic E-state index is 0.0311. The van der Waals surface area contributed by atoms with Gasteiger partial charge >= 0.3 is 0 Å². The number of nitrogens with zero attached hydrogens (tertiary/aromatic N) is 6. The molecule has 3 aromatic rings. The molecule has 4 rings (SSSR count). The van der Waals surface area contributed by atoms with Gasteiger partial charge in [0.15, 0.2) is 0 Å². The van der Waals surface area contributed by atoms with Gasteiger partial charge in [-0.25, -0.2) is 4.98 Å². The SMILES string of the molecule is O=C(c1cnccn1)N1CC[C@H](c2nnc(-c3cccnc3)o2)C1. The number of hydrogen-bond donors (Lipinski definition) is 0. The highest BCUT2D eigenvalue weighted by Gasteiger charge is 2.32. The maximum Gasteiger partial charge on any atom is 0.274 e. The molecule has 0 bridgehead atoms. The van der Waals surface area contributed by atoms with Crippen LogP contribution in [0.2, 0.25) is 0 Å². The molecule has 0 N–H and O–H groups in total. The molecule has 0 saturated carbocycles. The first kappa shape index (κ1) is 14.4. The molecule has 1 aliphatic rings. The van der Waals surface area contributed by atoms with Crippen molar-refractivity contribution in [1.29, 1.82) is 0 Å². The normalized spacial score (nSPS) is 17.2. The Hall–Kier alpha value is -3.16. The highest BCUT2D eigenvalue weighted by Crippen LogP contribution is 2.29. The first-order valence-electron chi connectivity index (χ1n) is 7.60. The molecule has 1 fully saturated rings. The van der Waals surface area contributed by atoms with Crippen LogP contribution in [0.25, 0.3) is 11.5 Å². The van der Waals surface area contributed by atoms with E-state index in [1.54, 1.807) is 23.5 Å². The predicted molar refractivity (Wildman–Crippen MR) is 82.8 cm³/mol. The van der Waals surface area contributed by atoms with Crippen molar-refractivity contribution in [3.05, 3.63) is 54.7 Å². The molecule has 0 aromatic carbocycles. The maximum absolute atomic E-state index is 12.4. The van der Waals surface area contributed by atoms with Crippen LogP contribution < -0.4 is 0 Å². The molecule has 0 radical (unpaired) electrons. The van der Waals surface area contributed by atoms with Gasteiger partial charge in [0.05, 0.1) is 17.7 Å². The van der Waals surface area contributed by atoms with Gasteiger partial charge in [-0.05, 0) is 18.6 Å². The van der Waals surface area contributed by atoms with E-state index in [4.69, 9.17) is 4.42 Å². The zero-order chi connectivity index (χ0) is 16.4. The van der Waals surface area contributed by atoms with Gasteiger partial charge in [-0.3, -0.25) is 14.8 Å². The smallest absolute Gasteiger partial charge is 0.274 e. The Morgan fingerprint density at radius 1 is 1.17 bits per heavy atom. The molecule has 0 spiro atoms. The number of aromatic nitrogens is 5. The Kier molecular flexibility index (Phi) is 3.70. The topological polar surface area (TPSA) is 97.9 Å². The van der Waals surface area contributed by atoms with E-state index in [2.05, 4.69) is 25.1 Å². The highest BCUT2D eigenvalue weighted by molar-refractivity contribution is 5.92. The molecule has 8 heteroatoms. The molecule has 4 heterocycles. The number of rotatable bonds is 3. The maximum atomic E-state index is 12.4. The van der Waals surface area contributed by atoms with Gasteiger partial charge in [0, 0.05) is 37.9 Å². The third kappa shape index (κ3) is 2.73. The lowest BCUT2D eigenvalue weighted by Crippen LogP contribution is -2.29. The summed E-state index contributed by atoms with van der Waals surface area (Å²) in [5.41, 5.74) is 1.13. The summed E-state index contributed by atoms with van der Waals surface area (Å²) in [7, 11) is 0. The van der Waals surface area contributed by atoms with Crippen LogP contribution in [0.3, 0.4) is 0 Å². The molecule has 0 unspecified atom stereocenters. The van der Waals surface area contributed by atoms with Crippen LogP contribution in [-0.2, 0) is 0 Å². The van der Waals surface area contributed by atoms with Gasteiger partial charge < -0.3 is 9.32 Å². The van der Waals surface area contributed by atoms with Crippen molar-refractivity contribution in [3.63, 3.8) is 0 Å². The highest BCUT2D eigenvalue weighted by atomic mass is 16.4. The fourth-order valence-electron chi connectivity index (χ4n) is 2.72. The molecule has 120 valence electrons. The minimum Gasteiger partial charge on any atom is -0.420 e. The van der Waals surface area contributed by atoms with Gasteiger partial charge in [0.1, 0.15) is 5.69 Å². The van der Waals surface area contributed by atoms with Crippen LogP contribution >= 0.6 is 0 Å². The van der Waals surface area contributed by atoms with Gasteiger partial charge in [0.2, 0.25) is 11.8 Å². The lowest BCUT2D eigenvalue weighted by molar-refractivity contribution is 0.0783. The second kappa shape index (κ2) is 6.15. The van der Waals surface area contributed by atoms with E-state index in [1.807, 2.05) is 12.1 Å². The summed E-state index contributed by atoms with van der Waals surface area (Å²) in [5.74, 6) is 0.890. The van der Waals surface area contributed by atoms with E-state index in [0.29, 0.717) is 30.6 Å². The van der Waals surface area contributed by atoms with E-state index in [0.717, 1.165) is 12.0 Å². The summed E-state index contributed by atoms with van der Waals surface area (Å²) < 4.78 is 5.76. The summed E-state index contributed by atoms with van der Waals surface area (Å²) in [6, 6.07) is 3.68. The van der Waals surface area contributed by atoms with Crippen molar-refractivity contribution >= 4 is 5.91 Å². The number of hydrogen-bond acceptors (Lipinski definition) is 7. The van der Waals surface area contributed by atoms with Crippen molar-refractivity contribution in [1.82, 2.24) is 30.0 Å². The van der Waals surface area contributed by atoms with Gasteiger partial charge in [-0.15, -0.1) is 10.2 Å². The molecule has 1 aliphatic heterocycles. The third-order valence-corrected chi connectivity index (χ3v) is 3.96. The molecule has 24 heavy (non-hydrogen) atoms. The Bertz CT molecular complexity index is 836. The van der Waals surface area contributed by atoms with Crippen molar-refractivity contribution < 1.29 is 9.21 Å². The zero-order valence-electron chi connectivity index (χ0n) is 12.7. The zero-order valence-corrected chi connectivity index (χ0v) is 12.7. The van der Waals surface area contributed by atoms with Crippen molar-refractivity contribution in [2.24, 2.45) is 0 Å². The molecule has 8 nitrogen and oxygen atoms in total. The predicted octanol–water partition coefficient (Wildman–Crippen LogP) is 1.55. The van der Waals surface area contributed by atoms with E-state index in [9.17, 15) is 4.79 Å². The number of carbonyl (C=O) groups is 1. The largest absolute Gasteiger partial charge is 0.420 e. The van der Waals surface area contributed by atoms with E-state index < -0.39 is 0 Å². The first-order valence-corrected chi connectivity index (χ1v) is 7.60. The first-order chi connectivity index (χ1) is 11.8. The van der Waals surface area contributed by atoms with E-state index >= 15 is 0 Å². The molecule has 0 aliphatic carbocycles. The van der Waals surface area contributed by atoms with Gasteiger partial charge in [-0.2, -0.15) is 0 Å². The quantitative estimate of drug-likeness (QED) is 0.721. The Morgan fingerprint density at radius 2 is 2.08 bits per heavy atom. The van der Waals surface area contributed by atoms with Crippen LogP contribution in [0.15, 0.2) is 47.5 Å². The molecule has 1 amide bonds. The Morgan fingerprint density at radius 3 is 2.88 bits per heavy atom. The van der Waals surface area contributed by atoms with Crippen molar-refractivity contribution in [2.45, 2.75) is 12.3 Å². The lowest BCUT2D eigenvalue weighted by Gasteiger charge is -2.14. The fraction of sp³-hybridized carbons (Fsp3) is 0.250. The second-order valence-corrected chi connectivity index (χ2v) is 5.51. The molecule has 1 saturated heterocycles. The standard InChI is InChI=1S/C16H14N6O2/c23-16(13-9-18-5-6-19-13)22-7-3-12(10-22)15-21-20-14(24-15)11-2-1-4-17-8-11/h1-2,4-6,8-9,12H,3,7,10H2/t12-/m0/s1. The molecule has 1 atom stereocenters. The average Bonchev–Trinajstić information content (AvgIpc) is 3.32. The van der Waals surface area contributed by atoms with E-state index in [1.165, 1.54) is 12.4 Å². The van der Waals surface area contributed by atoms with Crippen LogP contribution in [0.5, 0.6) is 0 Å². The van der Waals surface area contributed by atoms with Crippen molar-refractivity contribution in [3.8, 4) is 11.5 Å². The molecular weight excluding hydrogens is 308 g/mol. The van der Waals surface area contributed by atoms with Crippen LogP contribution in [-0.4, -0.2) is 49.0 Å². The number of amides is 1. The summed E-state index contributed by atoms with van der Waals surface area (Å²) in [4.78, 5) is 26.2. The Labute approximate surface area is 137 Å². The van der Waals surface area contributed by atoms with Crippen LogP contribution in [0.4, 0.5) is 0 Å². The molecular formula is C16H14N6O2. The summed E-state index contributed by atoms with van der Waals surface area (Å²) >= 11 is 0. The minimum atomic E-state index is -0.127. The van der Waals surface area contributed by atoms with Crippen LogP contribution in [0, 0.1) is 0 Å². The average molecular weight is 322 g/mol. The van der Waals surface area contributed by atoms with Gasteiger partial charge in [0.25, 0.3) is 5.91 Å². The lowest BCUT2D eigenvalue weighted by atomic mass is 10.1. The summed E-state index contributed by atoms with van der Waals surface area (Å²) in [6.07, 6.45) is 8.67. The monoisotopic (exact) mass is 322 g/mol. The number of carbonyl (C=O) groups excluding carboxylic acids is 1. The summed E-state index contributed by atoms with van der Waals surface area (Å²) in [5, 5.41) is 8.21. The van der Waals surface area contributed by atoms with Crippen LogP contribution in [0.1, 0.15) is 28.7 Å². The van der Waals surface area contributed by atoms with E-state index in [-0.39, 0.29) is 11.8 Å². The number of pyridine rings is 1. The Balaban J connectivity index is 1.48. The fourth-order valence-corrected chi connectivity index (χ4v) is 2.72. The number of likely N-dealkylation sites (tertiary alicyclic amines) is 1. The third-order valence-electron chi connectivity index (χ3n) is 3.96. The molecule has 3 aromatic heterocycles. The second-order valence-electron chi connectivity index (χ2n) is 5.51. The van der Waals surface area contributed by atoms with Crippen molar-refractivity contribution in [2.75, 3.05) is 13.1 Å². The van der Waals surface area contributed by atoms with Gasteiger partial charge in [-0.1, -0.05) is 0 Å².